The van der Waals surface area contributed by atoms with Gasteiger partial charge in [-0.25, -0.2) is 0 Å². The van der Waals surface area contributed by atoms with Gasteiger partial charge < -0.3 is 9.84 Å². The highest BCUT2D eigenvalue weighted by Gasteiger charge is 1.97. The maximum atomic E-state index is 9.07. The van der Waals surface area contributed by atoms with Crippen molar-refractivity contribution < 1.29 is 9.84 Å². The summed E-state index contributed by atoms with van der Waals surface area (Å²) in [5.74, 6) is 0.873. The Labute approximate surface area is 130 Å². The highest BCUT2D eigenvalue weighted by molar-refractivity contribution is 5.27. The van der Waals surface area contributed by atoms with E-state index in [1.165, 1.54) is 57.8 Å². The minimum atomic E-state index is 0.0788. The molecule has 0 aliphatic rings. The smallest absolute Gasteiger partial charge is 0.119 e. The van der Waals surface area contributed by atoms with Gasteiger partial charge in [-0.15, -0.1) is 0 Å². The number of ether oxygens (including phenoxy) is 1. The molecule has 1 aromatic carbocycles. The van der Waals surface area contributed by atoms with Gasteiger partial charge >= 0.3 is 0 Å². The first-order valence-electron chi connectivity index (χ1n) is 8.69. The second-order valence-electron chi connectivity index (χ2n) is 5.84. The Morgan fingerprint density at radius 1 is 0.857 bits per heavy atom. The number of aliphatic hydroxyl groups excluding tert-OH is 1. The molecule has 0 bridgehead atoms. The minimum Gasteiger partial charge on any atom is -0.494 e. The van der Waals surface area contributed by atoms with E-state index in [0.29, 0.717) is 0 Å². The van der Waals surface area contributed by atoms with Gasteiger partial charge in [0.1, 0.15) is 5.75 Å². The van der Waals surface area contributed by atoms with Crippen LogP contribution < -0.4 is 4.74 Å². The molecule has 0 radical (unpaired) electrons. The maximum Gasteiger partial charge on any atom is 0.119 e. The summed E-state index contributed by atoms with van der Waals surface area (Å²) >= 11 is 0. The average Bonchev–Trinajstić information content (AvgIpc) is 2.53. The van der Waals surface area contributed by atoms with E-state index in [4.69, 9.17) is 9.84 Å². The topological polar surface area (TPSA) is 29.5 Å². The Balaban J connectivity index is 1.90. The molecule has 1 rings (SSSR count). The van der Waals surface area contributed by atoms with Gasteiger partial charge in [0, 0.05) is 0 Å². The van der Waals surface area contributed by atoms with Crippen molar-refractivity contribution in [1.82, 2.24) is 0 Å². The van der Waals surface area contributed by atoms with Crippen molar-refractivity contribution in [3.8, 4) is 5.75 Å². The van der Waals surface area contributed by atoms with Gasteiger partial charge in [0.25, 0.3) is 0 Å². The van der Waals surface area contributed by atoms with Crippen LogP contribution in [0, 0.1) is 0 Å². The van der Waals surface area contributed by atoms with Gasteiger partial charge in [-0.1, -0.05) is 76.8 Å². The molecule has 0 atom stereocenters. The molecule has 120 valence electrons. The fourth-order valence-electron chi connectivity index (χ4n) is 2.51. The first-order chi connectivity index (χ1) is 10.4. The first kappa shape index (κ1) is 18.0. The Hall–Kier alpha value is -1.02. The fraction of sp³-hybridized carbons (Fsp3) is 0.684. The van der Waals surface area contributed by atoms with E-state index in [-0.39, 0.29) is 6.61 Å². The Morgan fingerprint density at radius 2 is 1.48 bits per heavy atom. The standard InChI is InChI=1S/C19H32O2/c1-2-3-4-5-6-7-8-9-10-11-15-21-19-14-12-13-18(16-19)17-20/h12-14,16,20H,2-11,15,17H2,1H3. The summed E-state index contributed by atoms with van der Waals surface area (Å²) in [6.07, 6.45) is 13.4. The summed E-state index contributed by atoms with van der Waals surface area (Å²) in [5.41, 5.74) is 0.913. The van der Waals surface area contributed by atoms with Crippen LogP contribution in [0.2, 0.25) is 0 Å². The second kappa shape index (κ2) is 12.7. The van der Waals surface area contributed by atoms with Crippen LogP contribution >= 0.6 is 0 Å². The van der Waals surface area contributed by atoms with Crippen molar-refractivity contribution in [2.45, 2.75) is 77.7 Å². The predicted octanol–water partition coefficient (Wildman–Crippen LogP) is 5.48. The third-order valence-corrected chi connectivity index (χ3v) is 3.85. The predicted molar refractivity (Wildman–Crippen MR) is 89.7 cm³/mol. The number of rotatable bonds is 13. The lowest BCUT2D eigenvalue weighted by molar-refractivity contribution is 0.278. The second-order valence-corrected chi connectivity index (χ2v) is 5.84. The van der Waals surface area contributed by atoms with Gasteiger partial charge in [-0.3, -0.25) is 0 Å². The van der Waals surface area contributed by atoms with Crippen molar-refractivity contribution in [2.75, 3.05) is 6.61 Å². The van der Waals surface area contributed by atoms with Crippen molar-refractivity contribution in [3.63, 3.8) is 0 Å². The van der Waals surface area contributed by atoms with E-state index >= 15 is 0 Å². The van der Waals surface area contributed by atoms with Crippen molar-refractivity contribution in [2.24, 2.45) is 0 Å². The normalized spacial score (nSPS) is 10.8. The van der Waals surface area contributed by atoms with E-state index in [2.05, 4.69) is 6.92 Å². The van der Waals surface area contributed by atoms with E-state index in [0.717, 1.165) is 24.3 Å². The third-order valence-electron chi connectivity index (χ3n) is 3.85. The summed E-state index contributed by atoms with van der Waals surface area (Å²) in [5, 5.41) is 9.07. The van der Waals surface area contributed by atoms with E-state index < -0.39 is 0 Å². The maximum absolute atomic E-state index is 9.07. The van der Waals surface area contributed by atoms with Gasteiger partial charge in [0.15, 0.2) is 0 Å². The SMILES string of the molecule is CCCCCCCCCCCCOc1cccc(CO)c1. The summed E-state index contributed by atoms with van der Waals surface area (Å²) in [7, 11) is 0. The summed E-state index contributed by atoms with van der Waals surface area (Å²) in [6.45, 7) is 3.13. The quantitative estimate of drug-likeness (QED) is 0.488. The lowest BCUT2D eigenvalue weighted by Crippen LogP contribution is -1.98. The highest BCUT2D eigenvalue weighted by atomic mass is 16.5. The molecule has 0 unspecified atom stereocenters. The van der Waals surface area contributed by atoms with Crippen molar-refractivity contribution in [3.05, 3.63) is 29.8 Å². The van der Waals surface area contributed by atoms with Crippen LogP contribution in [0.3, 0.4) is 0 Å². The van der Waals surface area contributed by atoms with Gasteiger partial charge in [0.2, 0.25) is 0 Å². The summed E-state index contributed by atoms with van der Waals surface area (Å²) in [4.78, 5) is 0. The Bertz CT molecular complexity index is 349. The summed E-state index contributed by atoms with van der Waals surface area (Å²) < 4.78 is 5.71. The molecule has 0 saturated carbocycles. The molecule has 0 aliphatic heterocycles. The molecule has 1 aromatic rings. The van der Waals surface area contributed by atoms with Crippen LogP contribution in [0.1, 0.15) is 76.7 Å². The molecule has 2 heteroatoms. The fourth-order valence-corrected chi connectivity index (χ4v) is 2.51. The lowest BCUT2D eigenvalue weighted by atomic mass is 10.1. The zero-order valence-electron chi connectivity index (χ0n) is 13.7. The van der Waals surface area contributed by atoms with Crippen LogP contribution in [0.25, 0.3) is 0 Å². The van der Waals surface area contributed by atoms with E-state index in [1.807, 2.05) is 24.3 Å². The number of aliphatic hydroxyl groups is 1. The van der Waals surface area contributed by atoms with Crippen LogP contribution in [-0.4, -0.2) is 11.7 Å². The zero-order valence-corrected chi connectivity index (χ0v) is 13.7. The van der Waals surface area contributed by atoms with Crippen molar-refractivity contribution >= 4 is 0 Å². The van der Waals surface area contributed by atoms with Crippen LogP contribution in [0.15, 0.2) is 24.3 Å². The molecule has 0 amide bonds. The van der Waals surface area contributed by atoms with E-state index in [1.54, 1.807) is 0 Å². The molecule has 1 N–H and O–H groups in total. The third kappa shape index (κ3) is 9.52. The van der Waals surface area contributed by atoms with Crippen LogP contribution in [-0.2, 0) is 6.61 Å². The molecule has 0 fully saturated rings. The number of hydrogen-bond donors (Lipinski definition) is 1. The Kier molecular flexibility index (Phi) is 10.9. The molecule has 0 saturated heterocycles. The monoisotopic (exact) mass is 292 g/mol. The van der Waals surface area contributed by atoms with Gasteiger partial charge in [-0.05, 0) is 24.1 Å². The molecular formula is C19H32O2. The molecule has 2 nitrogen and oxygen atoms in total. The van der Waals surface area contributed by atoms with E-state index in [9.17, 15) is 0 Å². The average molecular weight is 292 g/mol. The molecule has 0 aromatic heterocycles. The molecule has 0 spiro atoms. The zero-order chi connectivity index (χ0) is 15.2. The number of hydrogen-bond acceptors (Lipinski definition) is 2. The molecule has 0 heterocycles. The molecular weight excluding hydrogens is 260 g/mol. The largest absolute Gasteiger partial charge is 0.494 e. The lowest BCUT2D eigenvalue weighted by Gasteiger charge is -2.07. The summed E-state index contributed by atoms with van der Waals surface area (Å²) in [6, 6.07) is 7.71. The van der Waals surface area contributed by atoms with Crippen LogP contribution in [0.4, 0.5) is 0 Å². The molecule has 21 heavy (non-hydrogen) atoms. The van der Waals surface area contributed by atoms with Gasteiger partial charge in [0.05, 0.1) is 13.2 Å². The Morgan fingerprint density at radius 3 is 2.10 bits per heavy atom. The van der Waals surface area contributed by atoms with Gasteiger partial charge in [-0.2, -0.15) is 0 Å². The van der Waals surface area contributed by atoms with Crippen LogP contribution in [0.5, 0.6) is 5.75 Å². The van der Waals surface area contributed by atoms with Crippen molar-refractivity contribution in [1.29, 1.82) is 0 Å². The highest BCUT2D eigenvalue weighted by Crippen LogP contribution is 2.14. The number of unbranched alkanes of at least 4 members (excludes halogenated alkanes) is 9. The first-order valence-corrected chi connectivity index (χ1v) is 8.69. The molecule has 0 aliphatic carbocycles. The minimum absolute atomic E-state index is 0.0788. The number of benzene rings is 1.